The predicted octanol–water partition coefficient (Wildman–Crippen LogP) is 3.41. The molecule has 2 aromatic rings. The van der Waals surface area contributed by atoms with Gasteiger partial charge in [0.2, 0.25) is 0 Å². The number of rotatable bonds is 6. The Kier molecular flexibility index (Phi) is 7.74. The van der Waals surface area contributed by atoms with Crippen molar-refractivity contribution in [2.45, 2.75) is 38.5 Å². The van der Waals surface area contributed by atoms with Gasteiger partial charge in [0, 0.05) is 40.9 Å². The number of thiazole rings is 1. The van der Waals surface area contributed by atoms with Crippen molar-refractivity contribution in [3.63, 3.8) is 0 Å². The van der Waals surface area contributed by atoms with Crippen molar-refractivity contribution in [2.75, 3.05) is 26.3 Å². The lowest BCUT2D eigenvalue weighted by molar-refractivity contribution is -0.150. The first-order valence-corrected chi connectivity index (χ1v) is 12.5. The van der Waals surface area contributed by atoms with Crippen molar-refractivity contribution in [1.82, 2.24) is 15.2 Å². The summed E-state index contributed by atoms with van der Waals surface area (Å²) in [6.07, 6.45) is 1.62. The van der Waals surface area contributed by atoms with E-state index in [1.807, 2.05) is 0 Å². The molecule has 9 nitrogen and oxygen atoms in total. The molecule has 4 rings (SSSR count). The molecule has 192 valence electrons. The molecular weight excluding hydrogens is 511 g/mol. The van der Waals surface area contributed by atoms with Crippen molar-refractivity contribution in [3.05, 3.63) is 62.5 Å². The molecule has 2 aliphatic rings. The number of benzene rings is 1. The summed E-state index contributed by atoms with van der Waals surface area (Å²) < 4.78 is 25.0. The molecule has 2 aliphatic heterocycles. The van der Waals surface area contributed by atoms with E-state index in [1.54, 1.807) is 37.2 Å². The quantitative estimate of drug-likeness (QED) is 0.540. The minimum Gasteiger partial charge on any atom is -0.480 e. The van der Waals surface area contributed by atoms with Gasteiger partial charge in [0.1, 0.15) is 23.5 Å². The third-order valence-corrected chi connectivity index (χ3v) is 6.63. The molecule has 0 bridgehead atoms. The van der Waals surface area contributed by atoms with Gasteiger partial charge in [-0.25, -0.2) is 14.2 Å². The number of ether oxygens (including phenoxy) is 2. The molecule has 1 aromatic heterocycles. The molecule has 1 aromatic carbocycles. The number of nitrogens with one attached hydrogen (secondary N) is 1. The second kappa shape index (κ2) is 10.6. The van der Waals surface area contributed by atoms with E-state index in [0.29, 0.717) is 35.3 Å². The molecule has 3 heterocycles. The monoisotopic (exact) mass is 536 g/mol. The molecule has 2 atom stereocenters. The Morgan fingerprint density at radius 3 is 2.81 bits per heavy atom. The normalized spacial score (nSPS) is 21.1. The lowest BCUT2D eigenvalue weighted by Gasteiger charge is -2.36. The second-order valence-electron chi connectivity index (χ2n) is 9.30. The zero-order chi connectivity index (χ0) is 26.0. The van der Waals surface area contributed by atoms with Crippen LogP contribution >= 0.6 is 22.9 Å². The molecule has 2 N–H and O–H groups in total. The minimum absolute atomic E-state index is 0.0189. The molecule has 0 radical (unpaired) electrons. The molecule has 1 saturated heterocycles. The maximum Gasteiger partial charge on any atom is 0.338 e. The van der Waals surface area contributed by atoms with Gasteiger partial charge in [-0.05, 0) is 32.9 Å². The first-order chi connectivity index (χ1) is 17.0. The van der Waals surface area contributed by atoms with Crippen LogP contribution < -0.4 is 5.32 Å². The predicted molar refractivity (Wildman–Crippen MR) is 133 cm³/mol. The summed E-state index contributed by atoms with van der Waals surface area (Å²) in [4.78, 5) is 36.2. The number of carbonyl (C=O) groups excluding carboxylic acids is 1. The van der Waals surface area contributed by atoms with Crippen LogP contribution in [0.1, 0.15) is 37.4 Å². The van der Waals surface area contributed by atoms with Crippen molar-refractivity contribution in [1.29, 1.82) is 0 Å². The van der Waals surface area contributed by atoms with Gasteiger partial charge in [0.25, 0.3) is 0 Å². The number of morpholine rings is 1. The van der Waals surface area contributed by atoms with Crippen molar-refractivity contribution >= 4 is 40.7 Å². The number of carbonyl (C=O) groups is 2. The van der Waals surface area contributed by atoms with Crippen LogP contribution in [0.3, 0.4) is 0 Å². The number of carboxylic acid groups (broad SMARTS) is 1. The van der Waals surface area contributed by atoms with Crippen molar-refractivity contribution in [3.8, 4) is 0 Å². The van der Waals surface area contributed by atoms with Gasteiger partial charge in [0.15, 0.2) is 10.8 Å². The first kappa shape index (κ1) is 26.2. The largest absolute Gasteiger partial charge is 0.480 e. The van der Waals surface area contributed by atoms with Gasteiger partial charge < -0.3 is 19.9 Å². The van der Waals surface area contributed by atoms with Crippen LogP contribution in [-0.2, 0) is 19.1 Å². The molecule has 0 spiro atoms. The van der Waals surface area contributed by atoms with Gasteiger partial charge in [-0.2, -0.15) is 0 Å². The smallest absolute Gasteiger partial charge is 0.338 e. The Hall–Kier alpha value is -2.86. The van der Waals surface area contributed by atoms with E-state index < -0.39 is 35.4 Å². The van der Waals surface area contributed by atoms with Crippen LogP contribution in [0.15, 0.2) is 46.0 Å². The van der Waals surface area contributed by atoms with Crippen LogP contribution in [0.2, 0.25) is 5.02 Å². The van der Waals surface area contributed by atoms with E-state index >= 15 is 0 Å². The second-order valence-corrected chi connectivity index (χ2v) is 10.6. The lowest BCUT2D eigenvalue weighted by Crippen LogP contribution is -2.52. The number of aromatic nitrogens is 1. The zero-order valence-electron chi connectivity index (χ0n) is 20.0. The molecule has 36 heavy (non-hydrogen) atoms. The van der Waals surface area contributed by atoms with E-state index in [2.05, 4.69) is 10.3 Å². The van der Waals surface area contributed by atoms with E-state index in [0.717, 1.165) is 6.07 Å². The molecular formula is C24H26ClFN4O5S. The summed E-state index contributed by atoms with van der Waals surface area (Å²) in [6, 6.07) is 2.05. The summed E-state index contributed by atoms with van der Waals surface area (Å²) >= 11 is 7.76. The van der Waals surface area contributed by atoms with Gasteiger partial charge >= 0.3 is 11.9 Å². The molecule has 2 unspecified atom stereocenters. The van der Waals surface area contributed by atoms with Crippen molar-refractivity contribution < 1.29 is 28.6 Å². The third-order valence-electron chi connectivity index (χ3n) is 5.52. The third kappa shape index (κ3) is 5.92. The molecule has 12 heteroatoms. The fourth-order valence-corrected chi connectivity index (χ4v) is 4.81. The standard InChI is InChI=1S/C24H26ClFN4O5S/c1-24(2,3)35-23(33)18-16(11-30-7-8-34-12-17(30)22(31)32)28-20(21-27-6-9-36-21)29-19(18)14-5-4-13(26)10-15(14)25/h4-6,9-10,17,19H,7-8,11-12H2,1-3H3,(H,28,29)(H,31,32). The number of aliphatic imine (C=N–C) groups is 1. The van der Waals surface area contributed by atoms with Crippen LogP contribution in [-0.4, -0.2) is 70.7 Å². The number of carboxylic acids is 1. The van der Waals surface area contributed by atoms with E-state index in [-0.39, 0.29) is 23.7 Å². The van der Waals surface area contributed by atoms with E-state index in [4.69, 9.17) is 26.1 Å². The van der Waals surface area contributed by atoms with Crippen LogP contribution in [0, 0.1) is 5.82 Å². The first-order valence-electron chi connectivity index (χ1n) is 11.2. The van der Waals surface area contributed by atoms with Crippen LogP contribution in [0.4, 0.5) is 4.39 Å². The number of amidine groups is 1. The fourth-order valence-electron chi connectivity index (χ4n) is 3.95. The van der Waals surface area contributed by atoms with Gasteiger partial charge in [-0.1, -0.05) is 17.7 Å². The summed E-state index contributed by atoms with van der Waals surface area (Å²) in [5.41, 5.74) is 0.162. The maximum absolute atomic E-state index is 13.9. The molecule has 0 amide bonds. The lowest BCUT2D eigenvalue weighted by atomic mass is 9.94. The molecule has 0 aliphatic carbocycles. The van der Waals surface area contributed by atoms with Crippen LogP contribution in [0.5, 0.6) is 0 Å². The topological polar surface area (TPSA) is 113 Å². The van der Waals surface area contributed by atoms with Crippen molar-refractivity contribution in [2.24, 2.45) is 4.99 Å². The highest BCUT2D eigenvalue weighted by atomic mass is 35.5. The van der Waals surface area contributed by atoms with Gasteiger partial charge in [-0.15, -0.1) is 11.3 Å². The van der Waals surface area contributed by atoms with E-state index in [1.165, 1.54) is 23.5 Å². The average Bonchev–Trinajstić information content (AvgIpc) is 3.33. The zero-order valence-corrected chi connectivity index (χ0v) is 21.5. The molecule has 0 saturated carbocycles. The Bertz CT molecular complexity index is 1210. The number of hydrogen-bond donors (Lipinski definition) is 2. The van der Waals surface area contributed by atoms with Gasteiger partial charge in [-0.3, -0.25) is 14.7 Å². The SMILES string of the molecule is CC(C)(C)OC(=O)C1=C(CN2CCOCC2C(=O)O)NC(c2nccs2)=NC1c1ccc(F)cc1Cl. The summed E-state index contributed by atoms with van der Waals surface area (Å²) in [6.45, 7) is 6.02. The maximum atomic E-state index is 13.9. The number of halogens is 2. The highest BCUT2D eigenvalue weighted by Gasteiger charge is 2.38. The summed E-state index contributed by atoms with van der Waals surface area (Å²) in [5, 5.41) is 15.4. The summed E-state index contributed by atoms with van der Waals surface area (Å²) in [5.74, 6) is -1.81. The Morgan fingerprint density at radius 1 is 1.39 bits per heavy atom. The Labute approximate surface area is 216 Å². The highest BCUT2D eigenvalue weighted by molar-refractivity contribution is 7.11. The Balaban J connectivity index is 1.86. The van der Waals surface area contributed by atoms with Gasteiger partial charge in [0.05, 0.1) is 18.8 Å². The van der Waals surface area contributed by atoms with Crippen LogP contribution in [0.25, 0.3) is 0 Å². The number of hydrogen-bond acceptors (Lipinski definition) is 9. The molecule has 1 fully saturated rings. The summed E-state index contributed by atoms with van der Waals surface area (Å²) in [7, 11) is 0. The minimum atomic E-state index is -1.03. The Morgan fingerprint density at radius 2 is 2.17 bits per heavy atom. The van der Waals surface area contributed by atoms with E-state index in [9.17, 15) is 19.1 Å². The number of esters is 1. The average molecular weight is 537 g/mol. The highest BCUT2D eigenvalue weighted by Crippen LogP contribution is 2.37. The number of nitrogens with zero attached hydrogens (tertiary/aromatic N) is 3. The fraction of sp³-hybridized carbons (Fsp3) is 0.417. The number of aliphatic carboxylic acids is 1.